The van der Waals surface area contributed by atoms with E-state index in [0.29, 0.717) is 38.1 Å². The van der Waals surface area contributed by atoms with Crippen molar-refractivity contribution in [1.29, 1.82) is 0 Å². The molecule has 1 aliphatic rings. The molecule has 0 bridgehead atoms. The lowest BCUT2D eigenvalue weighted by molar-refractivity contribution is 0.120. The summed E-state index contributed by atoms with van der Waals surface area (Å²) in [6.45, 7) is 4.32. The minimum absolute atomic E-state index is 0.290. The minimum Gasteiger partial charge on any atom is -0.453 e. The molecular weight excluding hydrogens is 212 g/mol. The van der Waals surface area contributed by atoms with Crippen LogP contribution in [0.3, 0.4) is 0 Å². The Balaban J connectivity index is 1.92. The van der Waals surface area contributed by atoms with Gasteiger partial charge in [0.15, 0.2) is 0 Å². The third-order valence-corrected chi connectivity index (χ3v) is 2.50. The molecule has 7 heteroatoms. The molecule has 0 N–H and O–H groups in total. The number of hydrogen-bond acceptors (Lipinski definition) is 6. The van der Waals surface area contributed by atoms with Crippen molar-refractivity contribution >= 4 is 12.1 Å². The smallest absolute Gasteiger partial charge is 0.409 e. The van der Waals surface area contributed by atoms with Crippen LogP contribution in [0.4, 0.5) is 10.8 Å². The molecule has 1 aliphatic heterocycles. The first-order chi connectivity index (χ1) is 7.70. The molecule has 0 saturated carbocycles. The molecule has 1 aromatic heterocycles. The molecule has 0 unspecified atom stereocenters. The third-order valence-electron chi connectivity index (χ3n) is 2.50. The summed E-state index contributed by atoms with van der Waals surface area (Å²) in [5.41, 5.74) is 0. The number of aromatic nitrogens is 2. The second kappa shape index (κ2) is 4.38. The van der Waals surface area contributed by atoms with Crippen molar-refractivity contribution in [2.75, 3.05) is 38.2 Å². The van der Waals surface area contributed by atoms with E-state index in [2.05, 4.69) is 14.9 Å². The molecule has 0 aromatic carbocycles. The van der Waals surface area contributed by atoms with Gasteiger partial charge in [0.1, 0.15) is 0 Å². The molecular formula is C9H14N4O3. The van der Waals surface area contributed by atoms with E-state index in [9.17, 15) is 4.79 Å². The van der Waals surface area contributed by atoms with Crippen LogP contribution in [-0.2, 0) is 4.74 Å². The molecule has 7 nitrogen and oxygen atoms in total. The highest BCUT2D eigenvalue weighted by Crippen LogP contribution is 2.14. The van der Waals surface area contributed by atoms with Crippen molar-refractivity contribution in [2.24, 2.45) is 0 Å². The van der Waals surface area contributed by atoms with Crippen LogP contribution < -0.4 is 4.90 Å². The number of carbonyl (C=O) groups excluding carboxylic acids is 1. The predicted molar refractivity (Wildman–Crippen MR) is 55.2 cm³/mol. The van der Waals surface area contributed by atoms with Crippen LogP contribution >= 0.6 is 0 Å². The monoisotopic (exact) mass is 226 g/mol. The first-order valence-corrected chi connectivity index (χ1v) is 5.08. The molecule has 88 valence electrons. The van der Waals surface area contributed by atoms with Gasteiger partial charge >= 0.3 is 12.1 Å². The maximum absolute atomic E-state index is 11.2. The number of amides is 1. The van der Waals surface area contributed by atoms with Crippen molar-refractivity contribution in [3.05, 3.63) is 5.89 Å². The van der Waals surface area contributed by atoms with Crippen LogP contribution in [0.15, 0.2) is 4.42 Å². The van der Waals surface area contributed by atoms with Crippen LogP contribution in [-0.4, -0.2) is 54.5 Å². The summed E-state index contributed by atoms with van der Waals surface area (Å²) in [6, 6.07) is 0.516. The zero-order valence-corrected chi connectivity index (χ0v) is 9.34. The van der Waals surface area contributed by atoms with Gasteiger partial charge in [0, 0.05) is 33.1 Å². The molecule has 2 heterocycles. The number of carbonyl (C=O) groups is 1. The molecule has 0 spiro atoms. The van der Waals surface area contributed by atoms with Crippen molar-refractivity contribution in [3.8, 4) is 0 Å². The summed E-state index contributed by atoms with van der Waals surface area (Å²) in [6.07, 6.45) is -0.290. The highest BCUT2D eigenvalue weighted by molar-refractivity contribution is 5.67. The fourth-order valence-corrected chi connectivity index (χ4v) is 1.62. The van der Waals surface area contributed by atoms with Crippen LogP contribution in [0.1, 0.15) is 5.89 Å². The number of nitrogens with zero attached hydrogens (tertiary/aromatic N) is 4. The number of hydrogen-bond donors (Lipinski definition) is 0. The molecule has 1 aromatic rings. The molecule has 1 saturated heterocycles. The molecule has 1 fully saturated rings. The SMILES string of the molecule is COC(=O)N1CCN(c2nnc(C)o2)CC1. The predicted octanol–water partition coefficient (Wildman–Crippen LogP) is 0.266. The third kappa shape index (κ3) is 2.07. The number of piperazine rings is 1. The average molecular weight is 226 g/mol. The topological polar surface area (TPSA) is 71.7 Å². The Morgan fingerprint density at radius 1 is 1.31 bits per heavy atom. The zero-order chi connectivity index (χ0) is 11.5. The Morgan fingerprint density at radius 2 is 2.00 bits per heavy atom. The lowest BCUT2D eigenvalue weighted by atomic mass is 10.3. The van der Waals surface area contributed by atoms with Crippen molar-refractivity contribution in [1.82, 2.24) is 15.1 Å². The molecule has 1 amide bonds. The van der Waals surface area contributed by atoms with Gasteiger partial charge in [-0.15, -0.1) is 5.10 Å². The van der Waals surface area contributed by atoms with Crippen LogP contribution in [0.5, 0.6) is 0 Å². The van der Waals surface area contributed by atoms with Crippen LogP contribution in [0.25, 0.3) is 0 Å². The lowest BCUT2D eigenvalue weighted by Crippen LogP contribution is -2.48. The van der Waals surface area contributed by atoms with Crippen molar-refractivity contribution < 1.29 is 13.9 Å². The summed E-state index contributed by atoms with van der Waals surface area (Å²) in [5, 5.41) is 7.70. The van der Waals surface area contributed by atoms with E-state index >= 15 is 0 Å². The van der Waals surface area contributed by atoms with Crippen molar-refractivity contribution in [2.45, 2.75) is 6.92 Å². The number of methoxy groups -OCH3 is 1. The fraction of sp³-hybridized carbons (Fsp3) is 0.667. The van der Waals surface area contributed by atoms with Gasteiger partial charge in [-0.1, -0.05) is 5.10 Å². The molecule has 0 aliphatic carbocycles. The first kappa shape index (κ1) is 10.7. The van der Waals surface area contributed by atoms with Gasteiger partial charge in [-0.25, -0.2) is 4.79 Å². The standard InChI is InChI=1S/C9H14N4O3/c1-7-10-11-8(16-7)12-3-5-13(6-4-12)9(14)15-2/h3-6H2,1-2H3. The number of ether oxygens (including phenoxy) is 1. The van der Waals surface area contributed by atoms with E-state index in [1.165, 1.54) is 7.11 Å². The normalized spacial score (nSPS) is 16.4. The highest BCUT2D eigenvalue weighted by Gasteiger charge is 2.24. The summed E-state index contributed by atoms with van der Waals surface area (Å²) in [7, 11) is 1.38. The molecule has 16 heavy (non-hydrogen) atoms. The maximum Gasteiger partial charge on any atom is 0.409 e. The molecule has 2 rings (SSSR count). The largest absolute Gasteiger partial charge is 0.453 e. The lowest BCUT2D eigenvalue weighted by Gasteiger charge is -2.32. The van der Waals surface area contributed by atoms with Crippen LogP contribution in [0.2, 0.25) is 0 Å². The zero-order valence-electron chi connectivity index (χ0n) is 9.34. The van der Waals surface area contributed by atoms with E-state index < -0.39 is 0 Å². The number of aryl methyl sites for hydroxylation is 1. The maximum atomic E-state index is 11.2. The Hall–Kier alpha value is -1.79. The highest BCUT2D eigenvalue weighted by atomic mass is 16.5. The van der Waals surface area contributed by atoms with Gasteiger partial charge in [0.05, 0.1) is 7.11 Å². The summed E-state index contributed by atoms with van der Waals surface area (Å²) >= 11 is 0. The van der Waals surface area contributed by atoms with Gasteiger partial charge in [-0.3, -0.25) is 0 Å². The van der Waals surface area contributed by atoms with Gasteiger partial charge in [0.2, 0.25) is 5.89 Å². The molecule has 0 atom stereocenters. The first-order valence-electron chi connectivity index (χ1n) is 5.08. The second-order valence-electron chi connectivity index (χ2n) is 3.55. The summed E-state index contributed by atoms with van der Waals surface area (Å²) < 4.78 is 9.97. The van der Waals surface area contributed by atoms with Gasteiger partial charge in [0.25, 0.3) is 0 Å². The average Bonchev–Trinajstić information content (AvgIpc) is 2.75. The Bertz CT molecular complexity index is 371. The Kier molecular flexibility index (Phi) is 2.93. The van der Waals surface area contributed by atoms with E-state index in [-0.39, 0.29) is 6.09 Å². The van der Waals surface area contributed by atoms with E-state index in [4.69, 9.17) is 4.42 Å². The van der Waals surface area contributed by atoms with E-state index in [0.717, 1.165) is 0 Å². The summed E-state index contributed by atoms with van der Waals surface area (Å²) in [5.74, 6) is 0.547. The number of anilines is 1. The minimum atomic E-state index is -0.290. The van der Waals surface area contributed by atoms with E-state index in [1.54, 1.807) is 11.8 Å². The Morgan fingerprint density at radius 3 is 2.50 bits per heavy atom. The van der Waals surface area contributed by atoms with Gasteiger partial charge < -0.3 is 19.0 Å². The molecule has 0 radical (unpaired) electrons. The number of rotatable bonds is 1. The van der Waals surface area contributed by atoms with Crippen molar-refractivity contribution in [3.63, 3.8) is 0 Å². The summed E-state index contributed by atoms with van der Waals surface area (Å²) in [4.78, 5) is 14.9. The van der Waals surface area contributed by atoms with E-state index in [1.807, 2.05) is 4.90 Å². The fourth-order valence-electron chi connectivity index (χ4n) is 1.62. The van der Waals surface area contributed by atoms with Gasteiger partial charge in [-0.05, 0) is 0 Å². The quantitative estimate of drug-likeness (QED) is 0.684. The van der Waals surface area contributed by atoms with Gasteiger partial charge in [-0.2, -0.15) is 0 Å². The second-order valence-corrected chi connectivity index (χ2v) is 3.55. The van der Waals surface area contributed by atoms with Crippen LogP contribution in [0, 0.1) is 6.92 Å². The Labute approximate surface area is 93.0 Å².